The van der Waals surface area contributed by atoms with E-state index >= 15 is 0 Å². The van der Waals surface area contributed by atoms with Gasteiger partial charge in [0.05, 0.1) is 7.11 Å². The number of hydrogen-bond donors (Lipinski definition) is 0. The number of methoxy groups -OCH3 is 1. The highest BCUT2D eigenvalue weighted by molar-refractivity contribution is 5.84. The van der Waals surface area contributed by atoms with E-state index < -0.39 is 6.04 Å². The average molecular weight is 276 g/mol. The lowest BCUT2D eigenvalue weighted by molar-refractivity contribution is -0.154. The van der Waals surface area contributed by atoms with E-state index in [4.69, 9.17) is 4.74 Å². The zero-order valence-corrected chi connectivity index (χ0v) is 11.7. The molecular weight excluding hydrogens is 256 g/mol. The summed E-state index contributed by atoms with van der Waals surface area (Å²) in [6, 6.07) is 3.40. The number of carbonyl (C=O) groups is 2. The zero-order valence-electron chi connectivity index (χ0n) is 11.7. The Morgan fingerprint density at radius 3 is 2.80 bits per heavy atom. The molecule has 5 nitrogen and oxygen atoms in total. The van der Waals surface area contributed by atoms with Crippen LogP contribution < -0.4 is 0 Å². The van der Waals surface area contributed by atoms with Crippen molar-refractivity contribution in [2.75, 3.05) is 13.7 Å². The lowest BCUT2D eigenvalue weighted by Gasteiger charge is -2.33. The molecule has 0 spiro atoms. The molecule has 0 N–H and O–H groups in total. The third-order valence-electron chi connectivity index (χ3n) is 3.67. The number of likely N-dealkylation sites (tertiary alicyclic amines) is 1. The Kier molecular flexibility index (Phi) is 5.09. The molecule has 20 heavy (non-hydrogen) atoms. The summed E-state index contributed by atoms with van der Waals surface area (Å²) in [6.45, 7) is 0.648. The molecule has 5 heteroatoms. The van der Waals surface area contributed by atoms with E-state index in [1.807, 2.05) is 12.1 Å². The lowest BCUT2D eigenvalue weighted by Crippen LogP contribution is -2.48. The standard InChI is InChI=1S/C15H20N2O3/c1-20-15(19)13-4-2-3-11-17(13)14(18)6-5-12-7-9-16-10-8-12/h7-10,13H,2-6,11H2,1H3/t13-/m1/s1. The maximum atomic E-state index is 12.3. The van der Waals surface area contributed by atoms with Gasteiger partial charge in [0.25, 0.3) is 0 Å². The quantitative estimate of drug-likeness (QED) is 0.783. The summed E-state index contributed by atoms with van der Waals surface area (Å²) in [6.07, 6.45) is 7.15. The van der Waals surface area contributed by atoms with Gasteiger partial charge in [0, 0.05) is 25.4 Å². The summed E-state index contributed by atoms with van der Waals surface area (Å²) in [5.41, 5.74) is 1.08. The number of nitrogens with zero attached hydrogens (tertiary/aromatic N) is 2. The molecule has 1 amide bonds. The highest BCUT2D eigenvalue weighted by Gasteiger charge is 2.32. The molecule has 1 atom stereocenters. The smallest absolute Gasteiger partial charge is 0.328 e. The van der Waals surface area contributed by atoms with Gasteiger partial charge >= 0.3 is 5.97 Å². The lowest BCUT2D eigenvalue weighted by atomic mass is 10.0. The summed E-state index contributed by atoms with van der Waals surface area (Å²) in [4.78, 5) is 29.7. The van der Waals surface area contributed by atoms with Crippen molar-refractivity contribution in [3.8, 4) is 0 Å². The number of amides is 1. The Morgan fingerprint density at radius 1 is 1.35 bits per heavy atom. The monoisotopic (exact) mass is 276 g/mol. The van der Waals surface area contributed by atoms with E-state index in [1.54, 1.807) is 17.3 Å². The van der Waals surface area contributed by atoms with Crippen LogP contribution in [0.3, 0.4) is 0 Å². The molecule has 108 valence electrons. The minimum Gasteiger partial charge on any atom is -0.467 e. The van der Waals surface area contributed by atoms with Crippen LogP contribution in [-0.2, 0) is 20.7 Å². The molecule has 0 unspecified atom stereocenters. The minimum atomic E-state index is -0.404. The number of rotatable bonds is 4. The normalized spacial score (nSPS) is 18.6. The first-order valence-corrected chi connectivity index (χ1v) is 6.98. The van der Waals surface area contributed by atoms with Gasteiger partial charge < -0.3 is 9.64 Å². The molecule has 1 aromatic rings. The largest absolute Gasteiger partial charge is 0.467 e. The number of esters is 1. The van der Waals surface area contributed by atoms with E-state index in [1.165, 1.54) is 7.11 Å². The van der Waals surface area contributed by atoms with Crippen LogP contribution in [0.4, 0.5) is 0 Å². The van der Waals surface area contributed by atoms with Gasteiger partial charge in [-0.05, 0) is 43.4 Å². The number of ether oxygens (including phenoxy) is 1. The third kappa shape index (κ3) is 3.56. The molecule has 0 aliphatic carbocycles. The van der Waals surface area contributed by atoms with Crippen LogP contribution in [0.2, 0.25) is 0 Å². The Labute approximate surface area is 118 Å². The molecule has 1 aliphatic heterocycles. The van der Waals surface area contributed by atoms with Gasteiger partial charge in [-0.1, -0.05) is 0 Å². The van der Waals surface area contributed by atoms with Crippen molar-refractivity contribution in [1.29, 1.82) is 0 Å². The molecule has 1 aliphatic rings. The summed E-state index contributed by atoms with van der Waals surface area (Å²) in [5, 5.41) is 0. The SMILES string of the molecule is COC(=O)[C@H]1CCCCN1C(=O)CCc1ccncc1. The maximum Gasteiger partial charge on any atom is 0.328 e. The Bertz CT molecular complexity index is 461. The van der Waals surface area contributed by atoms with Gasteiger partial charge in [-0.2, -0.15) is 0 Å². The number of hydrogen-bond acceptors (Lipinski definition) is 4. The Balaban J connectivity index is 1.94. The Hall–Kier alpha value is -1.91. The highest BCUT2D eigenvalue weighted by atomic mass is 16.5. The molecule has 1 fully saturated rings. The van der Waals surface area contributed by atoms with Crippen LogP contribution in [0, 0.1) is 0 Å². The van der Waals surface area contributed by atoms with Crippen molar-refractivity contribution in [3.63, 3.8) is 0 Å². The van der Waals surface area contributed by atoms with Crippen molar-refractivity contribution in [2.24, 2.45) is 0 Å². The first-order chi connectivity index (χ1) is 9.72. The molecule has 1 saturated heterocycles. The van der Waals surface area contributed by atoms with E-state index in [0.717, 1.165) is 18.4 Å². The molecule has 0 aromatic carbocycles. The average Bonchev–Trinajstić information content (AvgIpc) is 2.52. The predicted octanol–water partition coefficient (Wildman–Crippen LogP) is 1.57. The van der Waals surface area contributed by atoms with Crippen molar-refractivity contribution >= 4 is 11.9 Å². The first kappa shape index (κ1) is 14.5. The highest BCUT2D eigenvalue weighted by Crippen LogP contribution is 2.19. The van der Waals surface area contributed by atoms with Crippen LogP contribution in [-0.4, -0.2) is 41.5 Å². The topological polar surface area (TPSA) is 59.5 Å². The second-order valence-electron chi connectivity index (χ2n) is 4.98. The fourth-order valence-corrected chi connectivity index (χ4v) is 2.56. The number of pyridine rings is 1. The summed E-state index contributed by atoms with van der Waals surface area (Å²) in [7, 11) is 1.37. The molecule has 1 aromatic heterocycles. The van der Waals surface area contributed by atoms with Crippen LogP contribution >= 0.6 is 0 Å². The predicted molar refractivity (Wildman–Crippen MR) is 73.9 cm³/mol. The summed E-state index contributed by atoms with van der Waals surface area (Å²) < 4.78 is 4.79. The van der Waals surface area contributed by atoms with Gasteiger partial charge in [0.1, 0.15) is 6.04 Å². The van der Waals surface area contributed by atoms with Crippen molar-refractivity contribution < 1.29 is 14.3 Å². The van der Waals surface area contributed by atoms with Gasteiger partial charge in [-0.3, -0.25) is 9.78 Å². The Morgan fingerprint density at radius 2 is 2.10 bits per heavy atom. The van der Waals surface area contributed by atoms with Gasteiger partial charge in [-0.25, -0.2) is 4.79 Å². The summed E-state index contributed by atoms with van der Waals surface area (Å²) in [5.74, 6) is -0.279. The van der Waals surface area contributed by atoms with Crippen molar-refractivity contribution in [2.45, 2.75) is 38.1 Å². The fraction of sp³-hybridized carbons (Fsp3) is 0.533. The molecule has 2 rings (SSSR count). The van der Waals surface area contributed by atoms with Crippen LogP contribution in [0.1, 0.15) is 31.2 Å². The fourth-order valence-electron chi connectivity index (χ4n) is 2.56. The van der Waals surface area contributed by atoms with Crippen LogP contribution in [0.15, 0.2) is 24.5 Å². The second-order valence-corrected chi connectivity index (χ2v) is 4.98. The van der Waals surface area contributed by atoms with Gasteiger partial charge in [-0.15, -0.1) is 0 Å². The minimum absolute atomic E-state index is 0.0249. The molecular formula is C15H20N2O3. The molecule has 2 heterocycles. The first-order valence-electron chi connectivity index (χ1n) is 6.98. The summed E-state index contributed by atoms with van der Waals surface area (Å²) >= 11 is 0. The van der Waals surface area contributed by atoms with E-state index in [9.17, 15) is 9.59 Å². The maximum absolute atomic E-state index is 12.3. The number of aryl methyl sites for hydroxylation is 1. The van der Waals surface area contributed by atoms with Gasteiger partial charge in [0.15, 0.2) is 0 Å². The van der Waals surface area contributed by atoms with Crippen LogP contribution in [0.25, 0.3) is 0 Å². The number of piperidine rings is 1. The van der Waals surface area contributed by atoms with Crippen molar-refractivity contribution in [3.05, 3.63) is 30.1 Å². The zero-order chi connectivity index (χ0) is 14.4. The molecule has 0 saturated carbocycles. The van der Waals surface area contributed by atoms with Crippen LogP contribution in [0.5, 0.6) is 0 Å². The van der Waals surface area contributed by atoms with Crippen molar-refractivity contribution in [1.82, 2.24) is 9.88 Å². The van der Waals surface area contributed by atoms with E-state index in [2.05, 4.69) is 4.98 Å². The second kappa shape index (κ2) is 7.03. The number of carbonyl (C=O) groups excluding carboxylic acids is 2. The van der Waals surface area contributed by atoms with Gasteiger partial charge in [0.2, 0.25) is 5.91 Å². The third-order valence-corrected chi connectivity index (χ3v) is 3.67. The van der Waals surface area contributed by atoms with E-state index in [0.29, 0.717) is 25.8 Å². The van der Waals surface area contributed by atoms with E-state index in [-0.39, 0.29) is 11.9 Å². The number of aromatic nitrogens is 1. The molecule has 0 radical (unpaired) electrons. The molecule has 0 bridgehead atoms.